The van der Waals surface area contributed by atoms with Gasteiger partial charge >= 0.3 is 0 Å². The van der Waals surface area contributed by atoms with Crippen molar-refractivity contribution in [3.05, 3.63) is 52.2 Å². The fraction of sp³-hybridized carbons (Fsp3) is 0.458. The molecule has 1 N–H and O–H groups in total. The van der Waals surface area contributed by atoms with Crippen LogP contribution in [0.4, 0.5) is 0 Å². The molecule has 170 valence electrons. The van der Waals surface area contributed by atoms with Crippen LogP contribution in [0.1, 0.15) is 40.9 Å². The van der Waals surface area contributed by atoms with Gasteiger partial charge in [0.05, 0.1) is 7.11 Å². The Kier molecular flexibility index (Phi) is 6.79. The zero-order chi connectivity index (χ0) is 22.6. The highest BCUT2D eigenvalue weighted by molar-refractivity contribution is 7.09. The Hall–Kier alpha value is -2.87. The molecule has 3 heterocycles. The maximum atomic E-state index is 12.9. The SMILES string of the molecule is COc1ccc(C(=O)N2CCN(C(=O)CCC3(Cc4cccs4)CCC(=O)N3)CC2)cc1. The first-order valence-electron chi connectivity index (χ1n) is 11.0. The molecule has 8 heteroatoms. The number of nitrogens with one attached hydrogen (secondary N) is 1. The average molecular weight is 456 g/mol. The number of methoxy groups -OCH3 is 1. The molecule has 7 nitrogen and oxygen atoms in total. The van der Waals surface area contributed by atoms with E-state index in [-0.39, 0.29) is 23.3 Å². The molecule has 0 saturated carbocycles. The molecule has 1 unspecified atom stereocenters. The molecule has 0 spiro atoms. The van der Waals surface area contributed by atoms with Gasteiger partial charge in [0, 0.05) is 61.4 Å². The molecule has 2 aromatic rings. The Morgan fingerprint density at radius 1 is 1.09 bits per heavy atom. The molecular formula is C24H29N3O4S. The number of carbonyl (C=O) groups excluding carboxylic acids is 3. The second-order valence-electron chi connectivity index (χ2n) is 8.49. The Labute approximate surface area is 192 Å². The van der Waals surface area contributed by atoms with Crippen molar-refractivity contribution in [2.24, 2.45) is 0 Å². The van der Waals surface area contributed by atoms with Gasteiger partial charge in [0.2, 0.25) is 11.8 Å². The van der Waals surface area contributed by atoms with E-state index in [1.165, 1.54) is 4.88 Å². The van der Waals surface area contributed by atoms with Gasteiger partial charge in [0.15, 0.2) is 0 Å². The molecule has 1 atom stereocenters. The van der Waals surface area contributed by atoms with E-state index >= 15 is 0 Å². The summed E-state index contributed by atoms with van der Waals surface area (Å²) >= 11 is 1.68. The number of thiophene rings is 1. The molecule has 0 bridgehead atoms. The minimum absolute atomic E-state index is 0.0247. The molecular weight excluding hydrogens is 426 g/mol. The average Bonchev–Trinajstić information content (AvgIpc) is 3.47. The van der Waals surface area contributed by atoms with Crippen LogP contribution in [0.15, 0.2) is 41.8 Å². The lowest BCUT2D eigenvalue weighted by atomic mass is 9.87. The lowest BCUT2D eigenvalue weighted by Crippen LogP contribution is -2.51. The lowest BCUT2D eigenvalue weighted by Gasteiger charge is -2.36. The summed E-state index contributed by atoms with van der Waals surface area (Å²) in [5, 5.41) is 5.19. The minimum Gasteiger partial charge on any atom is -0.497 e. The fourth-order valence-electron chi connectivity index (χ4n) is 4.51. The van der Waals surface area contributed by atoms with E-state index in [0.29, 0.717) is 56.8 Å². The molecule has 2 aliphatic rings. The lowest BCUT2D eigenvalue weighted by molar-refractivity contribution is -0.133. The third-order valence-corrected chi connectivity index (χ3v) is 7.28. The van der Waals surface area contributed by atoms with Gasteiger partial charge in [-0.15, -0.1) is 11.3 Å². The molecule has 1 aromatic carbocycles. The highest BCUT2D eigenvalue weighted by Gasteiger charge is 2.38. The van der Waals surface area contributed by atoms with Gasteiger partial charge in [-0.25, -0.2) is 0 Å². The maximum absolute atomic E-state index is 12.9. The van der Waals surface area contributed by atoms with Gasteiger partial charge in [0.1, 0.15) is 5.75 Å². The zero-order valence-electron chi connectivity index (χ0n) is 18.3. The van der Waals surface area contributed by atoms with Crippen LogP contribution in [0.2, 0.25) is 0 Å². The van der Waals surface area contributed by atoms with Crippen LogP contribution in [0.5, 0.6) is 5.75 Å². The van der Waals surface area contributed by atoms with Crippen molar-refractivity contribution in [2.45, 2.75) is 37.6 Å². The smallest absolute Gasteiger partial charge is 0.253 e. The Balaban J connectivity index is 1.29. The third kappa shape index (κ3) is 5.12. The van der Waals surface area contributed by atoms with Crippen LogP contribution in [-0.4, -0.2) is 66.3 Å². The second-order valence-corrected chi connectivity index (χ2v) is 9.52. The summed E-state index contributed by atoms with van der Waals surface area (Å²) in [4.78, 5) is 42.4. The first kappa shape index (κ1) is 22.3. The van der Waals surface area contributed by atoms with Crippen LogP contribution in [0.3, 0.4) is 0 Å². The largest absolute Gasteiger partial charge is 0.497 e. The molecule has 3 amide bonds. The number of rotatable bonds is 7. The summed E-state index contributed by atoms with van der Waals surface area (Å²) in [6.45, 7) is 2.11. The van der Waals surface area contributed by atoms with Gasteiger partial charge < -0.3 is 19.9 Å². The van der Waals surface area contributed by atoms with E-state index in [9.17, 15) is 14.4 Å². The second kappa shape index (κ2) is 9.73. The summed E-state index contributed by atoms with van der Waals surface area (Å²) in [6, 6.07) is 11.2. The number of piperazine rings is 1. The summed E-state index contributed by atoms with van der Waals surface area (Å²) in [5.41, 5.74) is 0.294. The number of benzene rings is 1. The van der Waals surface area contributed by atoms with Crippen LogP contribution in [0.25, 0.3) is 0 Å². The highest BCUT2D eigenvalue weighted by Crippen LogP contribution is 2.31. The first-order valence-corrected chi connectivity index (χ1v) is 11.9. The molecule has 32 heavy (non-hydrogen) atoms. The maximum Gasteiger partial charge on any atom is 0.253 e. The number of hydrogen-bond acceptors (Lipinski definition) is 5. The predicted molar refractivity (Wildman–Crippen MR) is 123 cm³/mol. The zero-order valence-corrected chi connectivity index (χ0v) is 19.2. The van der Waals surface area contributed by atoms with Crippen molar-refractivity contribution in [3.8, 4) is 5.75 Å². The molecule has 0 aliphatic carbocycles. The van der Waals surface area contributed by atoms with Crippen LogP contribution in [0, 0.1) is 0 Å². The predicted octanol–water partition coefficient (Wildman–Crippen LogP) is 2.71. The number of carbonyl (C=O) groups is 3. The van der Waals surface area contributed by atoms with Crippen molar-refractivity contribution in [1.82, 2.24) is 15.1 Å². The normalized spacial score (nSPS) is 20.8. The van der Waals surface area contributed by atoms with E-state index in [2.05, 4.69) is 11.4 Å². The van der Waals surface area contributed by atoms with Gasteiger partial charge in [-0.1, -0.05) is 6.07 Å². The topological polar surface area (TPSA) is 79.0 Å². The van der Waals surface area contributed by atoms with Crippen LogP contribution >= 0.6 is 11.3 Å². The van der Waals surface area contributed by atoms with Crippen LogP contribution < -0.4 is 10.1 Å². The van der Waals surface area contributed by atoms with Gasteiger partial charge in [0.25, 0.3) is 5.91 Å². The van der Waals surface area contributed by atoms with E-state index in [0.717, 1.165) is 12.8 Å². The number of amides is 3. The van der Waals surface area contributed by atoms with E-state index in [1.54, 1.807) is 47.6 Å². The molecule has 4 rings (SSSR count). The monoisotopic (exact) mass is 455 g/mol. The van der Waals surface area contributed by atoms with Gasteiger partial charge in [-0.2, -0.15) is 0 Å². The summed E-state index contributed by atoms with van der Waals surface area (Å²) in [6.07, 6.45) is 3.10. The Morgan fingerprint density at radius 3 is 2.41 bits per heavy atom. The summed E-state index contributed by atoms with van der Waals surface area (Å²) in [7, 11) is 1.59. The minimum atomic E-state index is -0.330. The van der Waals surface area contributed by atoms with E-state index in [1.807, 2.05) is 16.3 Å². The summed E-state index contributed by atoms with van der Waals surface area (Å²) in [5.74, 6) is 0.850. The molecule has 2 saturated heterocycles. The third-order valence-electron chi connectivity index (χ3n) is 6.40. The first-order chi connectivity index (χ1) is 15.5. The van der Waals surface area contributed by atoms with Crippen molar-refractivity contribution in [2.75, 3.05) is 33.3 Å². The van der Waals surface area contributed by atoms with Crippen LogP contribution in [-0.2, 0) is 16.0 Å². The Morgan fingerprint density at radius 2 is 1.81 bits per heavy atom. The fourth-order valence-corrected chi connectivity index (χ4v) is 5.36. The highest BCUT2D eigenvalue weighted by atomic mass is 32.1. The molecule has 1 aromatic heterocycles. The quantitative estimate of drug-likeness (QED) is 0.696. The number of hydrogen-bond donors (Lipinski definition) is 1. The van der Waals surface area contributed by atoms with Gasteiger partial charge in [-0.3, -0.25) is 14.4 Å². The van der Waals surface area contributed by atoms with Crippen molar-refractivity contribution in [3.63, 3.8) is 0 Å². The standard InChI is InChI=1S/C24H29N3O4S/c1-31-19-6-4-18(5-7-19)23(30)27-14-12-26(13-15-27)22(29)9-11-24(10-8-21(28)25-24)17-20-3-2-16-32-20/h2-7,16H,8-15,17H2,1H3,(H,25,28). The summed E-state index contributed by atoms with van der Waals surface area (Å²) < 4.78 is 5.15. The van der Waals surface area contributed by atoms with Crippen molar-refractivity contribution >= 4 is 29.1 Å². The van der Waals surface area contributed by atoms with E-state index < -0.39 is 0 Å². The molecule has 2 fully saturated rings. The van der Waals surface area contributed by atoms with Crippen molar-refractivity contribution in [1.29, 1.82) is 0 Å². The Bertz CT molecular complexity index is 952. The number of nitrogens with zero attached hydrogens (tertiary/aromatic N) is 2. The molecule has 2 aliphatic heterocycles. The van der Waals surface area contributed by atoms with Gasteiger partial charge in [-0.05, 0) is 48.6 Å². The van der Waals surface area contributed by atoms with E-state index in [4.69, 9.17) is 4.74 Å². The van der Waals surface area contributed by atoms with Crippen molar-refractivity contribution < 1.29 is 19.1 Å². The number of ether oxygens (including phenoxy) is 1. The molecule has 0 radical (unpaired) electrons.